The quantitative estimate of drug-likeness (QED) is 0.863. The minimum atomic E-state index is -0.0697. The summed E-state index contributed by atoms with van der Waals surface area (Å²) in [7, 11) is 0. The number of hydrogen-bond acceptors (Lipinski definition) is 4. The Kier molecular flexibility index (Phi) is 5.28. The van der Waals surface area contributed by atoms with Crippen LogP contribution in [0.4, 0.5) is 0 Å². The number of aryl methyl sites for hydroxylation is 1. The predicted molar refractivity (Wildman–Crippen MR) is 81.7 cm³/mol. The molecule has 1 aliphatic carbocycles. The highest BCUT2D eigenvalue weighted by molar-refractivity contribution is 8.02. The van der Waals surface area contributed by atoms with Crippen molar-refractivity contribution < 1.29 is 4.79 Å². The number of rotatable bonds is 4. The molecule has 1 heterocycles. The van der Waals surface area contributed by atoms with Crippen molar-refractivity contribution >= 4 is 29.0 Å². The van der Waals surface area contributed by atoms with Gasteiger partial charge in [-0.3, -0.25) is 4.79 Å². The molecule has 1 aromatic heterocycles. The van der Waals surface area contributed by atoms with Crippen LogP contribution in [0, 0.1) is 12.8 Å². The molecule has 3 nitrogen and oxygen atoms in total. The third kappa shape index (κ3) is 4.21. The van der Waals surface area contributed by atoms with E-state index in [0.717, 1.165) is 16.5 Å². The Labute approximate surface area is 123 Å². The van der Waals surface area contributed by atoms with Gasteiger partial charge in [-0.05, 0) is 32.6 Å². The van der Waals surface area contributed by atoms with E-state index >= 15 is 0 Å². The van der Waals surface area contributed by atoms with Gasteiger partial charge in [-0.1, -0.05) is 31.5 Å². The molecule has 0 spiro atoms. The maximum atomic E-state index is 12.2. The van der Waals surface area contributed by atoms with Crippen molar-refractivity contribution in [2.75, 3.05) is 0 Å². The minimum Gasteiger partial charge on any atom is -0.352 e. The van der Waals surface area contributed by atoms with E-state index in [4.69, 9.17) is 0 Å². The molecule has 5 heteroatoms. The molecular weight excluding hydrogens is 276 g/mol. The van der Waals surface area contributed by atoms with Crippen molar-refractivity contribution in [1.82, 2.24) is 10.3 Å². The van der Waals surface area contributed by atoms with Crippen LogP contribution in [-0.2, 0) is 4.79 Å². The number of aromatic nitrogens is 1. The van der Waals surface area contributed by atoms with Crippen LogP contribution >= 0.6 is 23.1 Å². The van der Waals surface area contributed by atoms with E-state index in [1.165, 1.54) is 19.3 Å². The Morgan fingerprint density at radius 3 is 2.89 bits per heavy atom. The van der Waals surface area contributed by atoms with Crippen LogP contribution in [-0.4, -0.2) is 22.2 Å². The van der Waals surface area contributed by atoms with Crippen LogP contribution in [0.25, 0.3) is 0 Å². The second kappa shape index (κ2) is 6.75. The Balaban J connectivity index is 1.85. The Bertz CT molecular complexity index is 433. The fourth-order valence-electron chi connectivity index (χ4n) is 2.42. The molecule has 0 aliphatic heterocycles. The van der Waals surface area contributed by atoms with Crippen LogP contribution < -0.4 is 5.32 Å². The van der Waals surface area contributed by atoms with Crippen molar-refractivity contribution in [2.24, 2.45) is 5.92 Å². The largest absolute Gasteiger partial charge is 0.352 e. The lowest BCUT2D eigenvalue weighted by molar-refractivity contribution is -0.121. The molecule has 1 fully saturated rings. The fourth-order valence-corrected chi connectivity index (χ4v) is 4.42. The molecule has 3 atom stereocenters. The SMILES string of the molecule is Cc1csc(S[C@@H](C)C(=O)N[C@@H]2CCCC[C@@H]2C)n1. The second-order valence-corrected chi connectivity index (χ2v) is 7.84. The van der Waals surface area contributed by atoms with E-state index in [1.807, 2.05) is 19.2 Å². The first-order chi connectivity index (χ1) is 9.06. The number of nitrogens with one attached hydrogen (secondary N) is 1. The van der Waals surface area contributed by atoms with Crippen LogP contribution in [0.2, 0.25) is 0 Å². The lowest BCUT2D eigenvalue weighted by Gasteiger charge is -2.30. The molecule has 0 saturated heterocycles. The van der Waals surface area contributed by atoms with Crippen molar-refractivity contribution in [3.8, 4) is 0 Å². The standard InChI is InChI=1S/C14H22N2OS2/c1-9-6-4-5-7-12(9)16-13(17)11(3)19-14-15-10(2)8-18-14/h8-9,11-12H,4-7H2,1-3H3,(H,16,17)/t9-,11-,12+/m0/s1. The number of thioether (sulfide) groups is 1. The van der Waals surface area contributed by atoms with Crippen LogP contribution in [0.5, 0.6) is 0 Å². The molecular formula is C14H22N2OS2. The van der Waals surface area contributed by atoms with Crippen molar-refractivity contribution in [2.45, 2.75) is 62.1 Å². The number of hydrogen-bond donors (Lipinski definition) is 1. The maximum Gasteiger partial charge on any atom is 0.233 e. The maximum absolute atomic E-state index is 12.2. The van der Waals surface area contributed by atoms with E-state index in [-0.39, 0.29) is 11.2 Å². The Hall–Kier alpha value is -0.550. The van der Waals surface area contributed by atoms with E-state index in [1.54, 1.807) is 23.1 Å². The van der Waals surface area contributed by atoms with Gasteiger partial charge in [0.15, 0.2) is 4.34 Å². The molecule has 1 N–H and O–H groups in total. The highest BCUT2D eigenvalue weighted by Crippen LogP contribution is 2.28. The third-order valence-corrected chi connectivity index (χ3v) is 5.87. The molecule has 0 bridgehead atoms. The number of thiazole rings is 1. The molecule has 0 unspecified atom stereocenters. The summed E-state index contributed by atoms with van der Waals surface area (Å²) in [5.41, 5.74) is 1.03. The molecule has 2 rings (SSSR count). The first-order valence-corrected chi connectivity index (χ1v) is 8.71. The lowest BCUT2D eigenvalue weighted by Crippen LogP contribution is -2.44. The summed E-state index contributed by atoms with van der Waals surface area (Å²) >= 11 is 3.17. The van der Waals surface area contributed by atoms with E-state index in [0.29, 0.717) is 12.0 Å². The number of carbonyl (C=O) groups is 1. The number of amides is 1. The number of carbonyl (C=O) groups excluding carboxylic acids is 1. The summed E-state index contributed by atoms with van der Waals surface area (Å²) in [6, 6.07) is 0.363. The zero-order valence-electron chi connectivity index (χ0n) is 11.8. The van der Waals surface area contributed by atoms with Crippen molar-refractivity contribution in [3.05, 3.63) is 11.1 Å². The highest BCUT2D eigenvalue weighted by atomic mass is 32.2. The zero-order chi connectivity index (χ0) is 13.8. The zero-order valence-corrected chi connectivity index (χ0v) is 13.4. The van der Waals surface area contributed by atoms with Gasteiger partial charge in [-0.2, -0.15) is 0 Å². The van der Waals surface area contributed by atoms with Crippen LogP contribution in [0.15, 0.2) is 9.72 Å². The molecule has 1 aliphatic rings. The number of nitrogens with zero attached hydrogens (tertiary/aromatic N) is 1. The molecule has 0 radical (unpaired) electrons. The summed E-state index contributed by atoms with van der Waals surface area (Å²) < 4.78 is 0.983. The molecule has 0 aromatic carbocycles. The van der Waals surface area contributed by atoms with Gasteiger partial charge < -0.3 is 5.32 Å². The average Bonchev–Trinajstić information content (AvgIpc) is 2.77. The topological polar surface area (TPSA) is 42.0 Å². The van der Waals surface area contributed by atoms with E-state index in [2.05, 4.69) is 17.2 Å². The summed E-state index contributed by atoms with van der Waals surface area (Å²) in [4.78, 5) is 16.6. The van der Waals surface area contributed by atoms with Crippen LogP contribution in [0.3, 0.4) is 0 Å². The average molecular weight is 298 g/mol. The third-order valence-electron chi connectivity index (χ3n) is 3.68. The minimum absolute atomic E-state index is 0.0697. The first-order valence-electron chi connectivity index (χ1n) is 6.95. The molecule has 19 heavy (non-hydrogen) atoms. The van der Waals surface area contributed by atoms with Gasteiger partial charge in [-0.25, -0.2) is 4.98 Å². The summed E-state index contributed by atoms with van der Waals surface area (Å²) in [6.45, 7) is 6.19. The van der Waals surface area contributed by atoms with Gasteiger partial charge in [0.2, 0.25) is 5.91 Å². The second-order valence-electron chi connectivity index (χ2n) is 5.39. The summed E-state index contributed by atoms with van der Waals surface area (Å²) in [5, 5.41) is 5.17. The molecule has 1 amide bonds. The predicted octanol–water partition coefficient (Wildman–Crippen LogP) is 3.63. The van der Waals surface area contributed by atoms with Gasteiger partial charge in [-0.15, -0.1) is 11.3 Å². The molecule has 106 valence electrons. The van der Waals surface area contributed by atoms with Crippen molar-refractivity contribution in [1.29, 1.82) is 0 Å². The van der Waals surface area contributed by atoms with Gasteiger partial charge >= 0.3 is 0 Å². The smallest absolute Gasteiger partial charge is 0.233 e. The first kappa shape index (κ1) is 14.9. The lowest BCUT2D eigenvalue weighted by atomic mass is 9.86. The normalized spacial score (nSPS) is 25.0. The van der Waals surface area contributed by atoms with Crippen molar-refractivity contribution in [3.63, 3.8) is 0 Å². The highest BCUT2D eigenvalue weighted by Gasteiger charge is 2.25. The Morgan fingerprint density at radius 1 is 1.53 bits per heavy atom. The van der Waals surface area contributed by atoms with E-state index < -0.39 is 0 Å². The monoisotopic (exact) mass is 298 g/mol. The summed E-state index contributed by atoms with van der Waals surface area (Å²) in [6.07, 6.45) is 4.90. The molecule has 1 saturated carbocycles. The molecule has 1 aromatic rings. The van der Waals surface area contributed by atoms with Gasteiger partial charge in [0.1, 0.15) is 0 Å². The fraction of sp³-hybridized carbons (Fsp3) is 0.714. The Morgan fingerprint density at radius 2 is 2.26 bits per heavy atom. The van der Waals surface area contributed by atoms with Gasteiger partial charge in [0, 0.05) is 17.1 Å². The van der Waals surface area contributed by atoms with E-state index in [9.17, 15) is 4.79 Å². The van der Waals surface area contributed by atoms with Gasteiger partial charge in [0.05, 0.1) is 5.25 Å². The van der Waals surface area contributed by atoms with Gasteiger partial charge in [0.25, 0.3) is 0 Å². The van der Waals surface area contributed by atoms with Crippen LogP contribution in [0.1, 0.15) is 45.2 Å². The summed E-state index contributed by atoms with van der Waals surface area (Å²) in [5.74, 6) is 0.758.